The van der Waals surface area contributed by atoms with E-state index in [1.807, 2.05) is 0 Å². The number of aromatic nitrogens is 2. The molecule has 264 valence electrons. The van der Waals surface area contributed by atoms with Crippen LogP contribution < -0.4 is 43.7 Å². The summed E-state index contributed by atoms with van der Waals surface area (Å²) >= 11 is 0. The molecular formula is C47H42B8N2. The van der Waals surface area contributed by atoms with Gasteiger partial charge in [-0.3, -0.25) is 4.57 Å². The standard InChI is InChI=1S/C47H42B8N2/c1-2-33-56-31-18-9-10-19-32(31)57(33)30-17-11-16-26(23-30)34-36-38(42(50)46(54)44(52)40(36)48)35(39-37(34)41(49)45(53)47(55)43(39)51)29-21-27(24-12-5-3-6-13-24)20-28(22-29)25-14-7-4-8-15-25/h3-23H,2,48-55H2,1H3. The second-order valence-corrected chi connectivity index (χ2v) is 16.0. The molecule has 2 nitrogen and oxygen atoms in total. The molecule has 0 spiro atoms. The first kappa shape index (κ1) is 36.9. The van der Waals surface area contributed by atoms with Crippen molar-refractivity contribution in [3.05, 3.63) is 133 Å². The van der Waals surface area contributed by atoms with Gasteiger partial charge in [-0.2, -0.15) is 0 Å². The maximum absolute atomic E-state index is 5.07. The van der Waals surface area contributed by atoms with Crippen LogP contribution in [0.2, 0.25) is 0 Å². The predicted octanol–water partition coefficient (Wildman–Crippen LogP) is -1.37. The van der Waals surface area contributed by atoms with Crippen molar-refractivity contribution in [1.29, 1.82) is 0 Å². The van der Waals surface area contributed by atoms with E-state index in [4.69, 9.17) is 4.98 Å². The molecule has 0 fully saturated rings. The number of imidazole rings is 1. The van der Waals surface area contributed by atoms with E-state index in [9.17, 15) is 0 Å². The number of rotatable bonds is 6. The summed E-state index contributed by atoms with van der Waals surface area (Å²) in [6.45, 7) is 2.20. The van der Waals surface area contributed by atoms with Gasteiger partial charge in [-0.05, 0) is 109 Å². The Morgan fingerprint density at radius 2 is 0.825 bits per heavy atom. The van der Waals surface area contributed by atoms with Crippen LogP contribution in [0.5, 0.6) is 0 Å². The first-order valence-corrected chi connectivity index (χ1v) is 20.4. The van der Waals surface area contributed by atoms with Crippen LogP contribution in [0.3, 0.4) is 0 Å². The molecule has 0 N–H and O–H groups in total. The third-order valence-electron chi connectivity index (χ3n) is 13.2. The SMILES string of the molecule is Bc1c(B)c(B)c2c(-c3cccc(-n4c(CC)nc5ccccc54)c3)c3c(B)c(B)c(B)c(B)c3c(-c3cc(-c4ccccc4)cc(-c4ccccc4)c3)c2c1B. The first-order chi connectivity index (χ1) is 27.6. The van der Waals surface area contributed by atoms with Gasteiger partial charge in [-0.15, -0.1) is 21.9 Å². The van der Waals surface area contributed by atoms with Crippen molar-refractivity contribution in [1.82, 2.24) is 9.55 Å². The molecule has 0 amide bonds. The molecule has 9 aromatic rings. The molecule has 1 heterocycles. The van der Waals surface area contributed by atoms with Crippen LogP contribution in [-0.2, 0) is 6.42 Å². The lowest BCUT2D eigenvalue weighted by molar-refractivity contribution is 0.908. The molecule has 0 aliphatic heterocycles. The highest BCUT2D eigenvalue weighted by Crippen LogP contribution is 2.43. The Balaban J connectivity index is 1.48. The minimum Gasteiger partial charge on any atom is -0.296 e. The zero-order valence-corrected chi connectivity index (χ0v) is 34.7. The molecule has 0 aliphatic carbocycles. The largest absolute Gasteiger partial charge is 0.296 e. The quantitative estimate of drug-likeness (QED) is 0.153. The van der Waals surface area contributed by atoms with Crippen LogP contribution >= 0.6 is 0 Å². The van der Waals surface area contributed by atoms with E-state index in [2.05, 4.69) is 202 Å². The highest BCUT2D eigenvalue weighted by Gasteiger charge is 2.26. The monoisotopic (exact) mass is 722 g/mol. The van der Waals surface area contributed by atoms with Crippen molar-refractivity contribution >= 4 is 139 Å². The number of benzene rings is 8. The van der Waals surface area contributed by atoms with Crippen molar-refractivity contribution in [2.45, 2.75) is 13.3 Å². The summed E-state index contributed by atoms with van der Waals surface area (Å²) in [5, 5.41) is 5.39. The van der Waals surface area contributed by atoms with Crippen molar-refractivity contribution in [2.24, 2.45) is 0 Å². The summed E-state index contributed by atoms with van der Waals surface area (Å²) in [5.41, 5.74) is 24.1. The minimum atomic E-state index is 0.847. The van der Waals surface area contributed by atoms with Crippen molar-refractivity contribution in [3.63, 3.8) is 0 Å². The van der Waals surface area contributed by atoms with Gasteiger partial charge in [-0.25, -0.2) is 4.98 Å². The first-order valence-electron chi connectivity index (χ1n) is 20.4. The molecule has 0 aliphatic rings. The molecule has 8 aromatic carbocycles. The van der Waals surface area contributed by atoms with Crippen LogP contribution in [0.1, 0.15) is 12.7 Å². The van der Waals surface area contributed by atoms with Crippen LogP contribution in [0, 0.1) is 0 Å². The van der Waals surface area contributed by atoms with Crippen LogP contribution in [0.4, 0.5) is 0 Å². The van der Waals surface area contributed by atoms with E-state index in [1.54, 1.807) is 0 Å². The Bertz CT molecular complexity index is 2950. The highest BCUT2D eigenvalue weighted by molar-refractivity contribution is 6.71. The molecule has 10 heteroatoms. The van der Waals surface area contributed by atoms with Gasteiger partial charge in [0.05, 0.1) is 11.0 Å². The van der Waals surface area contributed by atoms with E-state index in [-0.39, 0.29) is 0 Å². The van der Waals surface area contributed by atoms with Crippen LogP contribution in [-0.4, -0.2) is 72.3 Å². The Hall–Kier alpha value is -5.73. The molecule has 1 aromatic heterocycles. The zero-order valence-electron chi connectivity index (χ0n) is 34.7. The summed E-state index contributed by atoms with van der Waals surface area (Å²) in [6, 6.07) is 46.7. The third kappa shape index (κ3) is 5.87. The molecule has 0 saturated carbocycles. The van der Waals surface area contributed by atoms with Crippen LogP contribution in [0.25, 0.3) is 82.8 Å². The number of nitrogens with zero attached hydrogens (tertiary/aromatic N) is 2. The fourth-order valence-electron chi connectivity index (χ4n) is 9.47. The van der Waals surface area contributed by atoms with E-state index >= 15 is 0 Å². The fourth-order valence-corrected chi connectivity index (χ4v) is 9.47. The lowest BCUT2D eigenvalue weighted by Crippen LogP contribution is -2.50. The van der Waals surface area contributed by atoms with Gasteiger partial charge < -0.3 is 0 Å². The number of aryl methyl sites for hydroxylation is 1. The van der Waals surface area contributed by atoms with E-state index in [0.29, 0.717) is 0 Å². The van der Waals surface area contributed by atoms with Gasteiger partial charge in [-0.1, -0.05) is 114 Å². The number of para-hydroxylation sites is 2. The molecule has 0 bridgehead atoms. The normalized spacial score (nSPS) is 11.5. The smallest absolute Gasteiger partial charge is 0.139 e. The maximum Gasteiger partial charge on any atom is 0.139 e. The minimum absolute atomic E-state index is 0.847. The van der Waals surface area contributed by atoms with Crippen molar-refractivity contribution in [3.8, 4) is 50.2 Å². The Morgan fingerprint density at radius 1 is 0.404 bits per heavy atom. The maximum atomic E-state index is 5.07. The summed E-state index contributed by atoms with van der Waals surface area (Å²) in [4.78, 5) is 5.07. The van der Waals surface area contributed by atoms with Gasteiger partial charge in [0.1, 0.15) is 68.6 Å². The number of fused-ring (bicyclic) bond motifs is 3. The Kier molecular flexibility index (Phi) is 9.27. The second-order valence-electron chi connectivity index (χ2n) is 16.0. The summed E-state index contributed by atoms with van der Waals surface area (Å²) < 4.78 is 2.36. The topological polar surface area (TPSA) is 17.8 Å². The molecule has 0 saturated heterocycles. The summed E-state index contributed by atoms with van der Waals surface area (Å²) in [5.74, 6) is 1.07. The van der Waals surface area contributed by atoms with Gasteiger partial charge in [0, 0.05) is 12.1 Å². The summed E-state index contributed by atoms with van der Waals surface area (Å²) in [6.07, 6.45) is 0.847. The fraction of sp³-hybridized carbons (Fsp3) is 0.0426. The Labute approximate surface area is 343 Å². The van der Waals surface area contributed by atoms with Crippen molar-refractivity contribution < 1.29 is 0 Å². The lowest BCUT2D eigenvalue weighted by atomic mass is 9.59. The summed E-state index contributed by atoms with van der Waals surface area (Å²) in [7, 11) is 18.7. The molecule has 0 unspecified atom stereocenters. The van der Waals surface area contributed by atoms with Crippen LogP contribution in [0.15, 0.2) is 127 Å². The average Bonchev–Trinajstić information content (AvgIpc) is 3.64. The van der Waals surface area contributed by atoms with Gasteiger partial charge >= 0.3 is 0 Å². The highest BCUT2D eigenvalue weighted by atomic mass is 15.1. The number of hydrogen-bond donors (Lipinski definition) is 0. The van der Waals surface area contributed by atoms with Gasteiger partial charge in [0.25, 0.3) is 0 Å². The molecular weight excluding hydrogens is 679 g/mol. The average molecular weight is 721 g/mol. The van der Waals surface area contributed by atoms with E-state index in [0.717, 1.165) is 29.0 Å². The van der Waals surface area contributed by atoms with E-state index < -0.39 is 0 Å². The van der Waals surface area contributed by atoms with Crippen molar-refractivity contribution in [2.75, 3.05) is 0 Å². The third-order valence-corrected chi connectivity index (χ3v) is 13.2. The molecule has 57 heavy (non-hydrogen) atoms. The molecule has 9 rings (SSSR count). The van der Waals surface area contributed by atoms with Gasteiger partial charge in [0.15, 0.2) is 0 Å². The van der Waals surface area contributed by atoms with Gasteiger partial charge in [0.2, 0.25) is 0 Å². The predicted molar refractivity (Wildman–Crippen MR) is 273 cm³/mol. The lowest BCUT2D eigenvalue weighted by Gasteiger charge is -2.28. The number of hydrogen-bond acceptors (Lipinski definition) is 1. The zero-order chi connectivity index (χ0) is 39.7. The second kappa shape index (κ2) is 14.3. The molecule has 0 atom stereocenters. The van der Waals surface area contributed by atoms with E-state index in [1.165, 1.54) is 110 Å². The molecule has 0 radical (unpaired) electrons. The Morgan fingerprint density at radius 3 is 1.32 bits per heavy atom.